The van der Waals surface area contributed by atoms with E-state index >= 15 is 0 Å². The molecule has 6 aliphatic heterocycles. The Morgan fingerprint density at radius 1 is 0.641 bits per heavy atom. The molecule has 2 unspecified atom stereocenters. The molecule has 5 fully saturated rings. The van der Waals surface area contributed by atoms with Crippen LogP contribution >= 0.6 is 11.6 Å². The standard InChI is InChI=1S/C23H28N4O2.C14H18N4.C10H17NO4.C6H9ClO3.C5H10O/c1-17-16-19-22(25-10-6-3-7-11-25)20(18-8-4-2-5-9-18)24-27(19)23(28)21(17)26-12-14-29-15-13-26;15-14-13(18-9-5-2-6-10-18)12(16-17-14)11-7-3-1-4-8-11;1-3-15-10(13)9(8(2)12)11-4-6-14-7-5-11;1-3-10-6(9)5(7)4(2)8;1-2-4-6-5-3-1/h2,4-5,8-9H,3,6-7,10-16H2,1H3;1,3-4,7-8H,2,5-6,9-10H2,(H3,15,16,17);9H,3-7H2,1-2H3;5H,3H2,1-2H3;1-5H2. The van der Waals surface area contributed by atoms with Gasteiger partial charge in [0.15, 0.2) is 28.8 Å². The molecule has 426 valence electrons. The number of fused-ring (bicyclic) bond motifs is 1. The first-order valence-electron chi connectivity index (χ1n) is 27.9. The minimum Gasteiger partial charge on any atom is -0.465 e. The van der Waals surface area contributed by atoms with E-state index in [9.17, 15) is 24.0 Å². The molecule has 10 rings (SSSR count). The molecule has 3 N–H and O–H groups in total. The van der Waals surface area contributed by atoms with Crippen molar-refractivity contribution >= 4 is 58.2 Å². The first-order chi connectivity index (χ1) is 37.9. The number of halogens is 1. The Morgan fingerprint density at radius 2 is 1.14 bits per heavy atom. The van der Waals surface area contributed by atoms with Crippen LogP contribution in [0.1, 0.15) is 103 Å². The number of hydrogen-bond donors (Lipinski definition) is 2. The van der Waals surface area contributed by atoms with E-state index in [1.165, 1.54) is 71.6 Å². The number of alkyl halides is 1. The fourth-order valence-corrected chi connectivity index (χ4v) is 10.2. The van der Waals surface area contributed by atoms with Crippen molar-refractivity contribution in [2.45, 2.75) is 110 Å². The van der Waals surface area contributed by atoms with Crippen LogP contribution in [0.15, 0.2) is 71.9 Å². The monoisotopic (exact) mass is 1100 g/mol. The quantitative estimate of drug-likeness (QED) is 0.0787. The maximum absolute atomic E-state index is 13.5. The van der Waals surface area contributed by atoms with Crippen molar-refractivity contribution in [3.63, 3.8) is 0 Å². The average molecular weight is 1100 g/mol. The molecular weight excluding hydrogens is 1020 g/mol. The van der Waals surface area contributed by atoms with Gasteiger partial charge in [-0.1, -0.05) is 60.7 Å². The van der Waals surface area contributed by atoms with Crippen molar-refractivity contribution in [3.05, 3.63) is 77.6 Å². The van der Waals surface area contributed by atoms with Gasteiger partial charge < -0.3 is 44.1 Å². The lowest BCUT2D eigenvalue weighted by Gasteiger charge is -2.34. The number of Topliss-reactive ketones (excluding diaryl/α,β-unsaturated/α-hetero) is 2. The SMILES string of the molecule is C1CCOCC1.CC1=C(N2CCOCC2)C(=O)n2nc(-c3ccccc3)c(N3CCCCC3)c2C1.CCOC(=O)C(C(C)=O)N1CCOCC1.CCOC(=O)C(Cl)C(C)=O.Nc1n[nH]c(-c2ccccc2)c1N1CCCCC1. The summed E-state index contributed by atoms with van der Waals surface area (Å²) >= 11 is 5.32. The molecule has 0 bridgehead atoms. The smallest absolute Gasteiger partial charge is 0.331 e. The Balaban J connectivity index is 0.000000173. The first-order valence-corrected chi connectivity index (χ1v) is 28.3. The highest BCUT2D eigenvalue weighted by Crippen LogP contribution is 2.40. The lowest BCUT2D eigenvalue weighted by atomic mass is 9.99. The molecule has 0 aliphatic carbocycles. The van der Waals surface area contributed by atoms with Crippen molar-refractivity contribution in [3.8, 4) is 22.5 Å². The molecule has 2 aromatic carbocycles. The van der Waals surface area contributed by atoms with E-state index in [2.05, 4.69) is 60.8 Å². The van der Waals surface area contributed by atoms with Crippen molar-refractivity contribution in [1.29, 1.82) is 0 Å². The Bertz CT molecular complexity index is 2530. The number of piperidine rings is 2. The highest BCUT2D eigenvalue weighted by Gasteiger charge is 2.36. The van der Waals surface area contributed by atoms with Crippen LogP contribution in [0.2, 0.25) is 0 Å². The minimum atomic E-state index is -1.14. The molecule has 0 saturated carbocycles. The Kier molecular flexibility index (Phi) is 25.1. The van der Waals surface area contributed by atoms with E-state index in [4.69, 9.17) is 41.4 Å². The number of nitrogen functional groups attached to an aromatic ring is 1. The van der Waals surface area contributed by atoms with E-state index < -0.39 is 23.4 Å². The number of carbonyl (C=O) groups is 5. The van der Waals surface area contributed by atoms with Crippen molar-refractivity contribution in [2.75, 3.05) is 121 Å². The third kappa shape index (κ3) is 17.2. The van der Waals surface area contributed by atoms with Crippen molar-refractivity contribution < 1.29 is 47.7 Å². The van der Waals surface area contributed by atoms with Crippen LogP contribution in [0.4, 0.5) is 17.2 Å². The first kappa shape index (κ1) is 61.1. The second-order valence-corrected chi connectivity index (χ2v) is 20.2. The van der Waals surface area contributed by atoms with Crippen LogP contribution in [0, 0.1) is 0 Å². The third-order valence-electron chi connectivity index (χ3n) is 14.0. The molecule has 0 spiro atoms. The number of aromatic amines is 1. The van der Waals surface area contributed by atoms with E-state index in [0.29, 0.717) is 51.9 Å². The molecule has 78 heavy (non-hydrogen) atoms. The van der Waals surface area contributed by atoms with Crippen LogP contribution in [0.25, 0.3) is 22.5 Å². The largest absolute Gasteiger partial charge is 0.465 e. The molecule has 0 radical (unpaired) electrons. The van der Waals surface area contributed by atoms with Gasteiger partial charge in [0.1, 0.15) is 17.1 Å². The maximum atomic E-state index is 13.5. The van der Waals surface area contributed by atoms with Crippen molar-refractivity contribution in [1.82, 2.24) is 29.8 Å². The van der Waals surface area contributed by atoms with Gasteiger partial charge >= 0.3 is 11.9 Å². The summed E-state index contributed by atoms with van der Waals surface area (Å²) in [5.41, 5.74) is 15.4. The second kappa shape index (κ2) is 32.1. The number of morpholine rings is 2. The average Bonchev–Trinajstić information content (AvgIpc) is 4.07. The van der Waals surface area contributed by atoms with Crippen LogP contribution in [0.3, 0.4) is 0 Å². The molecule has 2 aromatic heterocycles. The summed E-state index contributed by atoms with van der Waals surface area (Å²) in [7, 11) is 0. The fraction of sp³-hybridized carbons (Fsp3) is 0.569. The van der Waals surface area contributed by atoms with Gasteiger partial charge in [-0.25, -0.2) is 9.59 Å². The van der Waals surface area contributed by atoms with Gasteiger partial charge in [-0.3, -0.25) is 24.4 Å². The highest BCUT2D eigenvalue weighted by molar-refractivity contribution is 6.40. The topological polar surface area (TPSA) is 217 Å². The number of carbonyl (C=O) groups excluding carboxylic acids is 5. The second-order valence-electron chi connectivity index (χ2n) is 19.7. The number of anilines is 3. The minimum absolute atomic E-state index is 0.00564. The number of H-pyrrole nitrogens is 1. The summed E-state index contributed by atoms with van der Waals surface area (Å²) in [6.07, 6.45) is 12.2. The van der Waals surface area contributed by atoms with E-state index in [1.54, 1.807) is 18.5 Å². The molecular formula is C58H82ClN9O10. The summed E-state index contributed by atoms with van der Waals surface area (Å²) in [5.74, 6) is -1.07. The lowest BCUT2D eigenvalue weighted by Crippen LogP contribution is -2.51. The van der Waals surface area contributed by atoms with E-state index in [0.717, 1.165) is 110 Å². The Hall–Kier alpha value is -6.12. The zero-order valence-corrected chi connectivity index (χ0v) is 47.2. The number of ketones is 2. The van der Waals surface area contributed by atoms with Gasteiger partial charge in [-0.15, -0.1) is 11.6 Å². The summed E-state index contributed by atoms with van der Waals surface area (Å²) in [4.78, 5) is 66.3. The number of rotatable bonds is 12. The molecule has 5 saturated heterocycles. The van der Waals surface area contributed by atoms with Crippen LogP contribution in [-0.2, 0) is 49.3 Å². The highest BCUT2D eigenvalue weighted by atomic mass is 35.5. The molecule has 4 aromatic rings. The maximum Gasteiger partial charge on any atom is 0.331 e. The summed E-state index contributed by atoms with van der Waals surface area (Å²) in [5, 5.41) is 11.0. The van der Waals surface area contributed by atoms with Crippen LogP contribution in [0.5, 0.6) is 0 Å². The Labute approximate surface area is 465 Å². The zero-order valence-electron chi connectivity index (χ0n) is 46.5. The normalized spacial score (nSPS) is 18.4. The van der Waals surface area contributed by atoms with Gasteiger partial charge in [0, 0.05) is 83.1 Å². The van der Waals surface area contributed by atoms with Crippen LogP contribution in [-0.4, -0.2) is 176 Å². The van der Waals surface area contributed by atoms with E-state index in [1.807, 2.05) is 41.3 Å². The third-order valence-corrected chi connectivity index (χ3v) is 14.5. The van der Waals surface area contributed by atoms with Gasteiger partial charge in [0.25, 0.3) is 5.91 Å². The number of ether oxygens (including phenoxy) is 5. The van der Waals surface area contributed by atoms with Gasteiger partial charge in [0.05, 0.1) is 56.7 Å². The van der Waals surface area contributed by atoms with Crippen molar-refractivity contribution in [2.24, 2.45) is 0 Å². The number of hydrogen-bond acceptors (Lipinski definition) is 17. The number of nitrogens with one attached hydrogen (secondary N) is 1. The molecule has 0 amide bonds. The number of esters is 2. The number of allylic oxidation sites excluding steroid dienone is 2. The number of benzene rings is 2. The number of aromatic nitrogens is 4. The number of nitrogens with two attached hydrogens (primary N) is 1. The van der Waals surface area contributed by atoms with E-state index in [-0.39, 0.29) is 24.1 Å². The lowest BCUT2D eigenvalue weighted by molar-refractivity contribution is -0.155. The molecule has 6 aliphatic rings. The van der Waals surface area contributed by atoms with Gasteiger partial charge in [-0.2, -0.15) is 14.9 Å². The Morgan fingerprint density at radius 3 is 1.64 bits per heavy atom. The molecule has 8 heterocycles. The summed E-state index contributed by atoms with van der Waals surface area (Å²) in [6.45, 7) is 20.1. The van der Waals surface area contributed by atoms with Gasteiger partial charge in [0.2, 0.25) is 0 Å². The summed E-state index contributed by atoms with van der Waals surface area (Å²) in [6, 6.07) is 19.8. The summed E-state index contributed by atoms with van der Waals surface area (Å²) < 4.78 is 26.8. The molecule has 2 atom stereocenters. The molecule has 19 nitrogen and oxygen atoms in total. The predicted octanol–water partition coefficient (Wildman–Crippen LogP) is 7.76. The van der Waals surface area contributed by atoms with Crippen LogP contribution < -0.4 is 15.5 Å². The predicted molar refractivity (Wildman–Crippen MR) is 303 cm³/mol. The number of nitrogens with zero attached hydrogens (tertiary/aromatic N) is 7. The molecule has 20 heteroatoms. The fourth-order valence-electron chi connectivity index (χ4n) is 10.1. The van der Waals surface area contributed by atoms with Gasteiger partial charge in [-0.05, 0) is 98.0 Å². The zero-order chi connectivity index (χ0) is 55.8.